The Kier molecular flexibility index (Phi) is 7.64. The molecule has 3 saturated heterocycles. The lowest BCUT2D eigenvalue weighted by atomic mass is 9.66. The number of likely N-dealkylation sites (tertiary alicyclic amines) is 1. The molecule has 44 heavy (non-hydrogen) atoms. The van der Waals surface area contributed by atoms with Crippen molar-refractivity contribution in [1.82, 2.24) is 15.1 Å². The van der Waals surface area contributed by atoms with E-state index in [1.807, 2.05) is 24.3 Å². The molecular formula is C34H41N5O5. The largest absolute Gasteiger partial charge is 0.371 e. The van der Waals surface area contributed by atoms with Crippen LogP contribution < -0.4 is 10.2 Å². The molecule has 2 aromatic carbocycles. The van der Waals surface area contributed by atoms with Gasteiger partial charge in [-0.05, 0) is 105 Å². The fourth-order valence-corrected chi connectivity index (χ4v) is 8.52. The quantitative estimate of drug-likeness (QED) is 0.299. The molecule has 1 spiro atoms. The van der Waals surface area contributed by atoms with Crippen LogP contribution in [0.1, 0.15) is 91.6 Å². The van der Waals surface area contributed by atoms with Crippen LogP contribution in [0.4, 0.5) is 11.4 Å². The van der Waals surface area contributed by atoms with Crippen LogP contribution in [0.5, 0.6) is 0 Å². The Hall–Kier alpha value is -3.79. The van der Waals surface area contributed by atoms with Crippen LogP contribution in [0, 0.1) is 15.5 Å². The minimum Gasteiger partial charge on any atom is -0.371 e. The summed E-state index contributed by atoms with van der Waals surface area (Å²) in [6, 6.07) is 13.4. The van der Waals surface area contributed by atoms with Gasteiger partial charge in [-0.25, -0.2) is 0 Å². The summed E-state index contributed by atoms with van der Waals surface area (Å²) in [5, 5.41) is 13.4. The molecule has 10 nitrogen and oxygen atoms in total. The summed E-state index contributed by atoms with van der Waals surface area (Å²) in [6.45, 7) is 4.61. The third-order valence-electron chi connectivity index (χ3n) is 11.3. The van der Waals surface area contributed by atoms with Crippen molar-refractivity contribution in [2.24, 2.45) is 5.41 Å². The maximum atomic E-state index is 13.3. The normalized spacial score (nSPS) is 24.9. The van der Waals surface area contributed by atoms with E-state index in [-0.39, 0.29) is 34.8 Å². The highest BCUT2D eigenvalue weighted by Crippen LogP contribution is 2.47. The Balaban J connectivity index is 0.898. The van der Waals surface area contributed by atoms with E-state index in [2.05, 4.69) is 21.2 Å². The third kappa shape index (κ3) is 5.49. The van der Waals surface area contributed by atoms with Gasteiger partial charge in [-0.1, -0.05) is 18.2 Å². The number of carbonyl (C=O) groups excluding carboxylic acids is 3. The summed E-state index contributed by atoms with van der Waals surface area (Å²) in [5.41, 5.74) is 4.52. The number of non-ortho nitro benzene ring substituents is 1. The number of nitrogens with zero attached hydrogens (tertiary/aromatic N) is 4. The maximum Gasteiger partial charge on any atom is 0.269 e. The highest BCUT2D eigenvalue weighted by atomic mass is 16.6. The summed E-state index contributed by atoms with van der Waals surface area (Å²) >= 11 is 0. The molecule has 3 amide bonds. The molecular weight excluding hydrogens is 558 g/mol. The number of rotatable bonds is 5. The van der Waals surface area contributed by atoms with Crippen LogP contribution in [0.3, 0.4) is 0 Å². The van der Waals surface area contributed by atoms with Crippen LogP contribution in [0.15, 0.2) is 42.5 Å². The Morgan fingerprint density at radius 1 is 0.841 bits per heavy atom. The van der Waals surface area contributed by atoms with Gasteiger partial charge in [0, 0.05) is 55.5 Å². The van der Waals surface area contributed by atoms with Crippen molar-refractivity contribution in [1.29, 1.82) is 0 Å². The number of nitro groups is 1. The van der Waals surface area contributed by atoms with Gasteiger partial charge >= 0.3 is 0 Å². The number of benzene rings is 2. The van der Waals surface area contributed by atoms with Crippen LogP contribution in [-0.2, 0) is 16.1 Å². The molecule has 1 N–H and O–H groups in total. The van der Waals surface area contributed by atoms with Gasteiger partial charge in [0.1, 0.15) is 6.04 Å². The average molecular weight is 600 g/mol. The van der Waals surface area contributed by atoms with Crippen LogP contribution in [0.2, 0.25) is 0 Å². The van der Waals surface area contributed by atoms with Crippen LogP contribution >= 0.6 is 0 Å². The Labute approximate surface area is 257 Å². The van der Waals surface area contributed by atoms with Gasteiger partial charge < -0.3 is 14.7 Å². The predicted molar refractivity (Wildman–Crippen MR) is 165 cm³/mol. The van der Waals surface area contributed by atoms with E-state index >= 15 is 0 Å². The van der Waals surface area contributed by atoms with Gasteiger partial charge in [-0.3, -0.25) is 29.8 Å². The first-order valence-corrected chi connectivity index (χ1v) is 16.3. The predicted octanol–water partition coefficient (Wildman–Crippen LogP) is 4.76. The minimum atomic E-state index is -0.581. The number of hydrogen-bond donors (Lipinski definition) is 1. The molecule has 2 aromatic rings. The fourth-order valence-electron chi connectivity index (χ4n) is 8.52. The van der Waals surface area contributed by atoms with Gasteiger partial charge in [0.05, 0.1) is 4.92 Å². The number of carbonyl (C=O) groups is 3. The number of amides is 3. The first-order chi connectivity index (χ1) is 21.3. The average Bonchev–Trinajstić information content (AvgIpc) is 3.37. The number of piperidine rings is 3. The molecule has 5 aliphatic rings. The number of imide groups is 1. The van der Waals surface area contributed by atoms with Crippen molar-refractivity contribution >= 4 is 29.1 Å². The van der Waals surface area contributed by atoms with Gasteiger partial charge in [0.2, 0.25) is 11.8 Å². The molecule has 0 radical (unpaired) electrons. The van der Waals surface area contributed by atoms with E-state index < -0.39 is 6.04 Å². The molecule has 0 aromatic heterocycles. The fraction of sp³-hybridized carbons (Fsp3) is 0.559. The zero-order valence-electron chi connectivity index (χ0n) is 25.2. The molecule has 1 unspecified atom stereocenters. The summed E-state index contributed by atoms with van der Waals surface area (Å²) in [6.07, 6.45) is 10.3. The first kappa shape index (κ1) is 29.0. The maximum absolute atomic E-state index is 13.3. The molecule has 4 heterocycles. The van der Waals surface area contributed by atoms with Gasteiger partial charge in [-0.2, -0.15) is 0 Å². The molecule has 4 aliphatic heterocycles. The van der Waals surface area contributed by atoms with E-state index in [1.165, 1.54) is 44.1 Å². The second kappa shape index (κ2) is 11.6. The van der Waals surface area contributed by atoms with Crippen LogP contribution in [0.25, 0.3) is 0 Å². The molecule has 1 aliphatic carbocycles. The Morgan fingerprint density at radius 2 is 1.55 bits per heavy atom. The molecule has 0 bridgehead atoms. The van der Waals surface area contributed by atoms with E-state index in [9.17, 15) is 24.5 Å². The lowest BCUT2D eigenvalue weighted by Crippen LogP contribution is -2.52. The number of nitro benzene ring substituents is 1. The van der Waals surface area contributed by atoms with E-state index in [0.717, 1.165) is 50.3 Å². The highest BCUT2D eigenvalue weighted by molar-refractivity contribution is 6.05. The van der Waals surface area contributed by atoms with Crippen molar-refractivity contribution < 1.29 is 19.3 Å². The second-order valence-electron chi connectivity index (χ2n) is 13.6. The van der Waals surface area contributed by atoms with Crippen molar-refractivity contribution in [2.75, 3.05) is 31.1 Å². The number of fused-ring (bicyclic) bond motifs is 1. The first-order valence-electron chi connectivity index (χ1n) is 16.3. The molecule has 7 rings (SSSR count). The standard InChI is InChI=1S/C34H41N5O5/c40-31-8-7-30(32(41)35-31)38-22-25-3-6-28(21-29(25)33(38)42)37-19-15-34(16-20-37)13-9-26(10-14-34)36-17-11-24(12-18-36)23-1-4-27(5-2-23)39(43)44/h1-6,21,24,26,30H,7-20,22H2,(H,35,40,41). The molecule has 1 saturated carbocycles. The van der Waals surface area contributed by atoms with Crippen LogP contribution in [-0.4, -0.2) is 70.7 Å². The van der Waals surface area contributed by atoms with Crippen molar-refractivity contribution in [2.45, 2.75) is 88.8 Å². The smallest absolute Gasteiger partial charge is 0.269 e. The molecule has 10 heteroatoms. The van der Waals surface area contributed by atoms with Crippen molar-refractivity contribution in [3.05, 3.63) is 69.3 Å². The summed E-state index contributed by atoms with van der Waals surface area (Å²) in [4.78, 5) is 54.7. The number of anilines is 1. The van der Waals surface area contributed by atoms with Crippen molar-refractivity contribution in [3.8, 4) is 0 Å². The Morgan fingerprint density at radius 3 is 2.20 bits per heavy atom. The molecule has 4 fully saturated rings. The SMILES string of the molecule is O=C1CCC(N2Cc3ccc(N4CCC5(CCC(N6CCC(c7ccc([N+](=O)[O-])cc7)CC6)CC5)CC4)cc3C2=O)C(=O)N1. The van der Waals surface area contributed by atoms with E-state index in [4.69, 9.17) is 0 Å². The molecule has 232 valence electrons. The summed E-state index contributed by atoms with van der Waals surface area (Å²) in [5.74, 6) is -0.262. The third-order valence-corrected chi connectivity index (χ3v) is 11.3. The molecule has 1 atom stereocenters. The van der Waals surface area contributed by atoms with E-state index in [0.29, 0.717) is 35.9 Å². The number of hydrogen-bond acceptors (Lipinski definition) is 7. The van der Waals surface area contributed by atoms with Gasteiger partial charge in [0.25, 0.3) is 11.6 Å². The number of nitrogens with one attached hydrogen (secondary N) is 1. The van der Waals surface area contributed by atoms with E-state index in [1.54, 1.807) is 17.0 Å². The lowest BCUT2D eigenvalue weighted by Gasteiger charge is -2.49. The minimum absolute atomic E-state index is 0.111. The monoisotopic (exact) mass is 599 g/mol. The summed E-state index contributed by atoms with van der Waals surface area (Å²) < 4.78 is 0. The zero-order valence-corrected chi connectivity index (χ0v) is 25.2. The topological polar surface area (TPSA) is 116 Å². The lowest BCUT2D eigenvalue weighted by molar-refractivity contribution is -0.384. The summed E-state index contributed by atoms with van der Waals surface area (Å²) in [7, 11) is 0. The highest BCUT2D eigenvalue weighted by Gasteiger charge is 2.42. The van der Waals surface area contributed by atoms with Gasteiger partial charge in [0.15, 0.2) is 0 Å². The second-order valence-corrected chi connectivity index (χ2v) is 13.6. The zero-order chi connectivity index (χ0) is 30.4. The van der Waals surface area contributed by atoms with Crippen molar-refractivity contribution in [3.63, 3.8) is 0 Å². The van der Waals surface area contributed by atoms with Gasteiger partial charge in [-0.15, -0.1) is 0 Å². The Bertz CT molecular complexity index is 1450.